The summed E-state index contributed by atoms with van der Waals surface area (Å²) in [5, 5.41) is 0. The molecule has 7 heteroatoms. The number of hydrogen-bond donors (Lipinski definition) is 1. The number of aromatic nitrogens is 4. The molecule has 1 aromatic carbocycles. The maximum atomic E-state index is 12.2. The van der Waals surface area contributed by atoms with Crippen molar-refractivity contribution in [2.75, 3.05) is 7.05 Å². The number of hydrogen-bond acceptors (Lipinski definition) is 6. The van der Waals surface area contributed by atoms with Gasteiger partial charge in [-0.3, -0.25) is 19.7 Å². The molecule has 0 bridgehead atoms. The minimum Gasteiger partial charge on any atom is -0.472 e. The smallest absolute Gasteiger partial charge is 0.251 e. The molecule has 146 valence electrons. The molecule has 0 amide bonds. The summed E-state index contributed by atoms with van der Waals surface area (Å²) in [6.45, 7) is 3.39. The zero-order chi connectivity index (χ0) is 20.2. The molecule has 4 aromatic rings. The van der Waals surface area contributed by atoms with E-state index in [-0.39, 0.29) is 5.56 Å². The van der Waals surface area contributed by atoms with Crippen LogP contribution in [-0.2, 0) is 13.1 Å². The predicted molar refractivity (Wildman–Crippen MR) is 110 cm³/mol. The van der Waals surface area contributed by atoms with Crippen molar-refractivity contribution in [3.8, 4) is 22.8 Å². The molecule has 0 radical (unpaired) electrons. The van der Waals surface area contributed by atoms with Gasteiger partial charge in [0, 0.05) is 42.7 Å². The summed E-state index contributed by atoms with van der Waals surface area (Å²) in [5.74, 6) is 0.511. The summed E-state index contributed by atoms with van der Waals surface area (Å²) in [7, 11) is 2.05. The molecule has 0 aliphatic heterocycles. The molecule has 3 heterocycles. The maximum Gasteiger partial charge on any atom is 0.251 e. The fourth-order valence-electron chi connectivity index (χ4n) is 3.25. The lowest BCUT2D eigenvalue weighted by molar-refractivity contribution is 0.318. The van der Waals surface area contributed by atoms with Gasteiger partial charge in [0.05, 0.1) is 23.9 Å². The molecule has 0 aliphatic carbocycles. The van der Waals surface area contributed by atoms with E-state index in [1.807, 2.05) is 31.2 Å². The molecule has 0 saturated carbocycles. The van der Waals surface area contributed by atoms with Crippen LogP contribution in [0.15, 0.2) is 70.5 Å². The number of benzene rings is 1. The first-order chi connectivity index (χ1) is 14.1. The van der Waals surface area contributed by atoms with Gasteiger partial charge in [-0.05, 0) is 31.7 Å². The number of furan rings is 1. The number of aromatic amines is 1. The molecule has 3 aromatic heterocycles. The molecule has 0 saturated heterocycles. The average Bonchev–Trinajstić information content (AvgIpc) is 3.21. The van der Waals surface area contributed by atoms with E-state index >= 15 is 0 Å². The van der Waals surface area contributed by atoms with E-state index in [4.69, 9.17) is 4.42 Å². The van der Waals surface area contributed by atoms with Gasteiger partial charge in [-0.25, -0.2) is 4.98 Å². The second-order valence-electron chi connectivity index (χ2n) is 6.97. The van der Waals surface area contributed by atoms with Gasteiger partial charge in [-0.1, -0.05) is 18.2 Å². The Kier molecular flexibility index (Phi) is 5.31. The van der Waals surface area contributed by atoms with E-state index in [0.29, 0.717) is 17.2 Å². The Morgan fingerprint density at radius 1 is 1.07 bits per heavy atom. The lowest BCUT2D eigenvalue weighted by atomic mass is 10.1. The Balaban J connectivity index is 1.61. The van der Waals surface area contributed by atoms with Gasteiger partial charge in [-0.2, -0.15) is 0 Å². The van der Waals surface area contributed by atoms with Crippen LogP contribution in [0.2, 0.25) is 0 Å². The summed E-state index contributed by atoms with van der Waals surface area (Å²) in [4.78, 5) is 30.5. The molecule has 4 rings (SSSR count). The molecular formula is C22H21N5O2. The van der Waals surface area contributed by atoms with E-state index in [1.54, 1.807) is 24.9 Å². The van der Waals surface area contributed by atoms with Crippen molar-refractivity contribution in [3.05, 3.63) is 88.5 Å². The van der Waals surface area contributed by atoms with Crippen molar-refractivity contribution in [3.63, 3.8) is 0 Å². The highest BCUT2D eigenvalue weighted by Gasteiger charge is 2.11. The fourth-order valence-corrected chi connectivity index (χ4v) is 3.25. The van der Waals surface area contributed by atoms with Gasteiger partial charge >= 0.3 is 0 Å². The van der Waals surface area contributed by atoms with Crippen molar-refractivity contribution in [1.29, 1.82) is 0 Å². The van der Waals surface area contributed by atoms with Crippen molar-refractivity contribution < 1.29 is 4.42 Å². The first-order valence-corrected chi connectivity index (χ1v) is 9.27. The Hall–Kier alpha value is -3.58. The van der Waals surface area contributed by atoms with Gasteiger partial charge in [0.1, 0.15) is 11.5 Å². The number of rotatable bonds is 6. The number of aryl methyl sites for hydroxylation is 1. The van der Waals surface area contributed by atoms with Crippen LogP contribution in [0.5, 0.6) is 0 Å². The Labute approximate surface area is 168 Å². The summed E-state index contributed by atoms with van der Waals surface area (Å²) in [6, 6.07) is 11.4. The van der Waals surface area contributed by atoms with E-state index in [9.17, 15) is 4.79 Å². The van der Waals surface area contributed by atoms with Crippen LogP contribution in [0.3, 0.4) is 0 Å². The summed E-state index contributed by atoms with van der Waals surface area (Å²) in [5.41, 5.74) is 4.72. The monoisotopic (exact) mass is 387 g/mol. The van der Waals surface area contributed by atoms with Gasteiger partial charge < -0.3 is 9.40 Å². The fraction of sp³-hybridized carbons (Fsp3) is 0.182. The highest BCUT2D eigenvalue weighted by atomic mass is 16.3. The standard InChI is InChI=1S/C22H21N5O2/c1-15-21(24-8-7-23-15)19-11-20(28)26-22(25-19)18-5-3-4-16(10-18)12-27(2)13-17-6-9-29-14-17/h3-11,14H,12-13H2,1-2H3,(H,25,26,28). The van der Waals surface area contributed by atoms with Crippen molar-refractivity contribution in [2.24, 2.45) is 0 Å². The summed E-state index contributed by atoms with van der Waals surface area (Å²) in [6.07, 6.45) is 6.65. The zero-order valence-electron chi connectivity index (χ0n) is 16.3. The third kappa shape index (κ3) is 4.47. The third-order valence-electron chi connectivity index (χ3n) is 4.55. The van der Waals surface area contributed by atoms with Crippen LogP contribution in [-0.4, -0.2) is 31.9 Å². The second kappa shape index (κ2) is 8.20. The lowest BCUT2D eigenvalue weighted by Gasteiger charge is -2.16. The molecule has 0 aliphatic rings. The first-order valence-electron chi connectivity index (χ1n) is 9.27. The van der Waals surface area contributed by atoms with Crippen LogP contribution < -0.4 is 5.56 Å². The van der Waals surface area contributed by atoms with Gasteiger partial charge in [0.25, 0.3) is 5.56 Å². The van der Waals surface area contributed by atoms with E-state index < -0.39 is 0 Å². The molecule has 7 nitrogen and oxygen atoms in total. The summed E-state index contributed by atoms with van der Waals surface area (Å²) < 4.78 is 5.13. The van der Waals surface area contributed by atoms with Crippen molar-refractivity contribution in [1.82, 2.24) is 24.8 Å². The molecule has 0 atom stereocenters. The SMILES string of the molecule is Cc1nccnc1-c1cc(=O)[nH]c(-c2cccc(CN(C)Cc3ccoc3)c2)n1. The zero-order valence-corrected chi connectivity index (χ0v) is 16.3. The largest absolute Gasteiger partial charge is 0.472 e. The minimum absolute atomic E-state index is 0.225. The molecule has 0 spiro atoms. The predicted octanol–water partition coefficient (Wildman–Crippen LogP) is 3.43. The van der Waals surface area contributed by atoms with Crippen molar-refractivity contribution >= 4 is 0 Å². The van der Waals surface area contributed by atoms with Crippen LogP contribution in [0, 0.1) is 6.92 Å². The van der Waals surface area contributed by atoms with Gasteiger partial charge in [0.15, 0.2) is 0 Å². The number of H-pyrrole nitrogens is 1. The lowest BCUT2D eigenvalue weighted by Crippen LogP contribution is -2.17. The minimum atomic E-state index is -0.225. The molecular weight excluding hydrogens is 366 g/mol. The Morgan fingerprint density at radius 2 is 1.90 bits per heavy atom. The highest BCUT2D eigenvalue weighted by Crippen LogP contribution is 2.21. The average molecular weight is 387 g/mol. The molecule has 1 N–H and O–H groups in total. The van der Waals surface area contributed by atoms with E-state index in [0.717, 1.165) is 35.5 Å². The second-order valence-corrected chi connectivity index (χ2v) is 6.97. The quantitative estimate of drug-likeness (QED) is 0.545. The van der Waals surface area contributed by atoms with Crippen LogP contribution >= 0.6 is 0 Å². The number of nitrogens with one attached hydrogen (secondary N) is 1. The van der Waals surface area contributed by atoms with Crippen molar-refractivity contribution in [2.45, 2.75) is 20.0 Å². The van der Waals surface area contributed by atoms with Gasteiger partial charge in [-0.15, -0.1) is 0 Å². The van der Waals surface area contributed by atoms with Crippen LogP contribution in [0.1, 0.15) is 16.8 Å². The van der Waals surface area contributed by atoms with Crippen LogP contribution in [0.25, 0.3) is 22.8 Å². The number of nitrogens with zero attached hydrogens (tertiary/aromatic N) is 4. The molecule has 0 fully saturated rings. The maximum absolute atomic E-state index is 12.2. The Bertz CT molecular complexity index is 1170. The highest BCUT2D eigenvalue weighted by molar-refractivity contribution is 5.62. The topological polar surface area (TPSA) is 87.9 Å². The van der Waals surface area contributed by atoms with Gasteiger partial charge in [0.2, 0.25) is 0 Å². The van der Waals surface area contributed by atoms with Crippen LogP contribution in [0.4, 0.5) is 0 Å². The first kappa shape index (κ1) is 18.8. The van der Waals surface area contributed by atoms with E-state index in [1.165, 1.54) is 6.07 Å². The Morgan fingerprint density at radius 3 is 2.69 bits per heavy atom. The summed E-state index contributed by atoms with van der Waals surface area (Å²) >= 11 is 0. The molecule has 29 heavy (non-hydrogen) atoms. The van der Waals surface area contributed by atoms with E-state index in [2.05, 4.69) is 37.9 Å². The third-order valence-corrected chi connectivity index (χ3v) is 4.55. The molecule has 0 unspecified atom stereocenters. The normalized spacial score (nSPS) is 11.1.